The summed E-state index contributed by atoms with van der Waals surface area (Å²) in [7, 11) is 0. The standard InChI is InChI=1S/C20H25N3O2S/c1-15(24)22-19(20-21-11-13-26-20)17-8-5-12-23(14-17)18(25)10-9-16-6-3-2-4-7-16/h2-4,6-7,11,13,17,19H,5,8-10,12,14H2,1H3,(H,22,24)/t17-,19-/m1/s1. The maximum atomic E-state index is 12.7. The number of carbonyl (C=O) groups is 2. The summed E-state index contributed by atoms with van der Waals surface area (Å²) in [5.41, 5.74) is 1.19. The van der Waals surface area contributed by atoms with Gasteiger partial charge >= 0.3 is 0 Å². The van der Waals surface area contributed by atoms with Crippen molar-refractivity contribution in [3.05, 3.63) is 52.5 Å². The van der Waals surface area contributed by atoms with Crippen LogP contribution in [-0.4, -0.2) is 34.8 Å². The summed E-state index contributed by atoms with van der Waals surface area (Å²) in [6.45, 7) is 3.01. The largest absolute Gasteiger partial charge is 0.347 e. The summed E-state index contributed by atoms with van der Waals surface area (Å²) in [5, 5.41) is 5.89. The number of aryl methyl sites for hydroxylation is 1. The number of carbonyl (C=O) groups excluding carboxylic acids is 2. The maximum absolute atomic E-state index is 12.7. The smallest absolute Gasteiger partial charge is 0.222 e. The van der Waals surface area contributed by atoms with E-state index in [0.717, 1.165) is 30.8 Å². The second kappa shape index (κ2) is 8.94. The van der Waals surface area contributed by atoms with Crippen LogP contribution in [-0.2, 0) is 16.0 Å². The fraction of sp³-hybridized carbons (Fsp3) is 0.450. The number of nitrogens with one attached hydrogen (secondary N) is 1. The molecule has 0 radical (unpaired) electrons. The van der Waals surface area contributed by atoms with Crippen molar-refractivity contribution >= 4 is 23.2 Å². The zero-order valence-corrected chi connectivity index (χ0v) is 15.9. The highest BCUT2D eigenvalue weighted by molar-refractivity contribution is 7.09. The number of aromatic nitrogens is 1. The lowest BCUT2D eigenvalue weighted by Crippen LogP contribution is -2.45. The van der Waals surface area contributed by atoms with E-state index < -0.39 is 0 Å². The Morgan fingerprint density at radius 1 is 1.35 bits per heavy atom. The van der Waals surface area contributed by atoms with Gasteiger partial charge in [-0.05, 0) is 24.8 Å². The summed E-state index contributed by atoms with van der Waals surface area (Å²) in [4.78, 5) is 30.7. The van der Waals surface area contributed by atoms with Crippen molar-refractivity contribution in [2.45, 2.75) is 38.6 Å². The summed E-state index contributed by atoms with van der Waals surface area (Å²) in [5.74, 6) is 0.344. The molecular weight excluding hydrogens is 346 g/mol. The lowest BCUT2D eigenvalue weighted by Gasteiger charge is -2.36. The van der Waals surface area contributed by atoms with Gasteiger partial charge in [0.2, 0.25) is 11.8 Å². The van der Waals surface area contributed by atoms with E-state index in [0.29, 0.717) is 13.0 Å². The first-order valence-corrected chi connectivity index (χ1v) is 9.99. The summed E-state index contributed by atoms with van der Waals surface area (Å²) >= 11 is 1.55. The number of thiazole rings is 1. The van der Waals surface area contributed by atoms with Gasteiger partial charge in [-0.1, -0.05) is 30.3 Å². The van der Waals surface area contributed by atoms with Crippen molar-refractivity contribution in [1.29, 1.82) is 0 Å². The molecule has 0 saturated carbocycles. The fourth-order valence-corrected chi connectivity index (χ4v) is 4.33. The van der Waals surface area contributed by atoms with E-state index in [9.17, 15) is 9.59 Å². The van der Waals surface area contributed by atoms with Crippen LogP contribution < -0.4 is 5.32 Å². The van der Waals surface area contributed by atoms with Gasteiger partial charge in [0, 0.05) is 43.9 Å². The van der Waals surface area contributed by atoms with Crippen molar-refractivity contribution in [1.82, 2.24) is 15.2 Å². The third kappa shape index (κ3) is 4.91. The van der Waals surface area contributed by atoms with Crippen molar-refractivity contribution in [2.75, 3.05) is 13.1 Å². The number of likely N-dealkylation sites (tertiary alicyclic amines) is 1. The van der Waals surface area contributed by atoms with Gasteiger partial charge in [0.25, 0.3) is 0 Å². The lowest BCUT2D eigenvalue weighted by molar-refractivity contribution is -0.133. The molecule has 26 heavy (non-hydrogen) atoms. The van der Waals surface area contributed by atoms with Crippen molar-refractivity contribution in [3.8, 4) is 0 Å². The highest BCUT2D eigenvalue weighted by atomic mass is 32.1. The zero-order chi connectivity index (χ0) is 18.4. The first-order valence-electron chi connectivity index (χ1n) is 9.11. The molecule has 1 aliphatic heterocycles. The maximum Gasteiger partial charge on any atom is 0.222 e. The molecule has 1 aromatic carbocycles. The summed E-state index contributed by atoms with van der Waals surface area (Å²) < 4.78 is 0. The zero-order valence-electron chi connectivity index (χ0n) is 15.1. The molecule has 1 aromatic heterocycles. The molecule has 3 rings (SSSR count). The van der Waals surface area contributed by atoms with Gasteiger partial charge in [-0.25, -0.2) is 4.98 Å². The Morgan fingerprint density at radius 3 is 2.85 bits per heavy atom. The Hall–Kier alpha value is -2.21. The molecule has 2 amide bonds. The number of hydrogen-bond donors (Lipinski definition) is 1. The molecule has 5 nitrogen and oxygen atoms in total. The molecule has 1 aliphatic rings. The monoisotopic (exact) mass is 371 g/mol. The van der Waals surface area contributed by atoms with Gasteiger partial charge in [-0.3, -0.25) is 9.59 Å². The van der Waals surface area contributed by atoms with Crippen LogP contribution in [0.25, 0.3) is 0 Å². The average Bonchev–Trinajstić information content (AvgIpc) is 3.19. The molecule has 0 aliphatic carbocycles. The van der Waals surface area contributed by atoms with Crippen molar-refractivity contribution < 1.29 is 9.59 Å². The third-order valence-corrected chi connectivity index (χ3v) is 5.69. The van der Waals surface area contributed by atoms with E-state index in [1.807, 2.05) is 28.5 Å². The van der Waals surface area contributed by atoms with Crippen LogP contribution in [0.4, 0.5) is 0 Å². The minimum absolute atomic E-state index is 0.0577. The molecule has 0 unspecified atom stereocenters. The van der Waals surface area contributed by atoms with Gasteiger partial charge in [0.1, 0.15) is 5.01 Å². The van der Waals surface area contributed by atoms with Crippen molar-refractivity contribution in [3.63, 3.8) is 0 Å². The number of hydrogen-bond acceptors (Lipinski definition) is 4. The normalized spacial score (nSPS) is 18.3. The second-order valence-electron chi connectivity index (χ2n) is 6.78. The number of piperidine rings is 1. The Morgan fingerprint density at radius 2 is 2.15 bits per heavy atom. The van der Waals surface area contributed by atoms with E-state index in [4.69, 9.17) is 0 Å². The van der Waals surface area contributed by atoms with E-state index in [1.54, 1.807) is 17.5 Å². The fourth-order valence-electron chi connectivity index (χ4n) is 3.55. The third-order valence-electron chi connectivity index (χ3n) is 4.83. The predicted molar refractivity (Wildman–Crippen MR) is 103 cm³/mol. The van der Waals surface area contributed by atoms with Crippen LogP contribution in [0.2, 0.25) is 0 Å². The number of benzene rings is 1. The van der Waals surface area contributed by atoms with E-state index in [2.05, 4.69) is 22.4 Å². The topological polar surface area (TPSA) is 62.3 Å². The van der Waals surface area contributed by atoms with Crippen LogP contribution in [0.15, 0.2) is 41.9 Å². The van der Waals surface area contributed by atoms with Crippen molar-refractivity contribution in [2.24, 2.45) is 5.92 Å². The Labute approximate surface area is 158 Å². The molecule has 1 fully saturated rings. The van der Waals surface area contributed by atoms with Gasteiger partial charge in [0.05, 0.1) is 6.04 Å². The van der Waals surface area contributed by atoms with Crippen LogP contribution in [0.1, 0.15) is 42.8 Å². The highest BCUT2D eigenvalue weighted by Gasteiger charge is 2.32. The molecule has 2 atom stereocenters. The first-order chi connectivity index (χ1) is 12.6. The molecule has 2 aromatic rings. The average molecular weight is 372 g/mol. The SMILES string of the molecule is CC(=O)N[C@@H](c1nccs1)[C@@H]1CCCN(C(=O)CCc2ccccc2)C1. The predicted octanol–water partition coefficient (Wildman–Crippen LogP) is 3.19. The first kappa shape index (κ1) is 18.6. The van der Waals surface area contributed by atoms with Gasteiger partial charge in [-0.2, -0.15) is 0 Å². The number of rotatable bonds is 6. The quantitative estimate of drug-likeness (QED) is 0.848. The molecule has 1 N–H and O–H groups in total. The number of amides is 2. The molecule has 0 spiro atoms. The molecule has 6 heteroatoms. The van der Waals surface area contributed by atoms with E-state index in [-0.39, 0.29) is 23.8 Å². The van der Waals surface area contributed by atoms with E-state index >= 15 is 0 Å². The number of nitrogens with zero attached hydrogens (tertiary/aromatic N) is 2. The van der Waals surface area contributed by atoms with Gasteiger partial charge in [0.15, 0.2) is 0 Å². The Bertz CT molecular complexity index is 718. The molecule has 138 valence electrons. The molecule has 0 bridgehead atoms. The van der Waals surface area contributed by atoms with Crippen LogP contribution in [0, 0.1) is 5.92 Å². The molecule has 2 heterocycles. The Kier molecular flexibility index (Phi) is 6.39. The second-order valence-corrected chi connectivity index (χ2v) is 7.70. The van der Waals surface area contributed by atoms with Gasteiger partial charge < -0.3 is 10.2 Å². The minimum Gasteiger partial charge on any atom is -0.347 e. The van der Waals surface area contributed by atoms with Crippen LogP contribution in [0.3, 0.4) is 0 Å². The Balaban J connectivity index is 1.61. The molecular formula is C20H25N3O2S. The lowest BCUT2D eigenvalue weighted by atomic mass is 9.90. The summed E-state index contributed by atoms with van der Waals surface area (Å²) in [6.07, 6.45) is 5.01. The highest BCUT2D eigenvalue weighted by Crippen LogP contribution is 2.31. The minimum atomic E-state index is -0.114. The molecule has 1 saturated heterocycles. The van der Waals surface area contributed by atoms with Gasteiger partial charge in [-0.15, -0.1) is 11.3 Å². The van der Waals surface area contributed by atoms with E-state index in [1.165, 1.54) is 12.5 Å². The van der Waals surface area contributed by atoms with Crippen LogP contribution in [0.5, 0.6) is 0 Å². The van der Waals surface area contributed by atoms with Crippen LogP contribution >= 0.6 is 11.3 Å². The summed E-state index contributed by atoms with van der Waals surface area (Å²) in [6, 6.07) is 9.99.